The first kappa shape index (κ1) is 17.0. The highest BCUT2D eigenvalue weighted by atomic mass is 32.2. The summed E-state index contributed by atoms with van der Waals surface area (Å²) in [5.74, 6) is 0. The van der Waals surface area contributed by atoms with Gasteiger partial charge in [-0.2, -0.15) is 17.0 Å². The Morgan fingerprint density at radius 1 is 1.00 bits per heavy atom. The number of imidazole rings is 1. The number of fused-ring (bicyclic) bond motifs is 1. The second-order valence-corrected chi connectivity index (χ2v) is 8.79. The fourth-order valence-corrected chi connectivity index (χ4v) is 5.44. The quantitative estimate of drug-likeness (QED) is 0.816. The molecule has 8 heteroatoms. The zero-order valence-electron chi connectivity index (χ0n) is 14.6. The molecule has 2 aromatic heterocycles. The lowest BCUT2D eigenvalue weighted by molar-refractivity contribution is 0.174. The highest BCUT2D eigenvalue weighted by molar-refractivity contribution is 7.86. The van der Waals surface area contributed by atoms with Gasteiger partial charge in [0.1, 0.15) is 5.65 Å². The molecule has 0 amide bonds. The molecule has 2 aliphatic rings. The van der Waals surface area contributed by atoms with Gasteiger partial charge in [0.2, 0.25) is 0 Å². The van der Waals surface area contributed by atoms with Crippen LogP contribution < -0.4 is 0 Å². The Bertz CT molecular complexity index is 849. The van der Waals surface area contributed by atoms with E-state index in [1.54, 1.807) is 8.61 Å². The summed E-state index contributed by atoms with van der Waals surface area (Å²) >= 11 is 0. The minimum atomic E-state index is -3.27. The average molecular weight is 363 g/mol. The van der Waals surface area contributed by atoms with Gasteiger partial charge in [0, 0.05) is 52.0 Å². The molecule has 2 saturated heterocycles. The van der Waals surface area contributed by atoms with Gasteiger partial charge in [-0.3, -0.25) is 4.90 Å². The van der Waals surface area contributed by atoms with Crippen molar-refractivity contribution in [3.8, 4) is 0 Å². The van der Waals surface area contributed by atoms with Crippen LogP contribution in [0.5, 0.6) is 0 Å². The summed E-state index contributed by atoms with van der Waals surface area (Å²) in [4.78, 5) is 6.93. The smallest absolute Gasteiger partial charge is 0.282 e. The Hall–Kier alpha value is -1.48. The van der Waals surface area contributed by atoms with Crippen LogP contribution in [-0.4, -0.2) is 70.6 Å². The second kappa shape index (κ2) is 6.68. The van der Waals surface area contributed by atoms with E-state index in [1.165, 1.54) is 5.69 Å². The highest BCUT2D eigenvalue weighted by Gasteiger charge is 2.33. The van der Waals surface area contributed by atoms with Crippen LogP contribution in [0.25, 0.3) is 5.65 Å². The Kier molecular flexibility index (Phi) is 4.53. The third-order valence-electron chi connectivity index (χ3n) is 5.25. The van der Waals surface area contributed by atoms with Crippen molar-refractivity contribution in [3.05, 3.63) is 35.8 Å². The zero-order chi connectivity index (χ0) is 17.4. The van der Waals surface area contributed by atoms with Crippen molar-refractivity contribution in [2.45, 2.75) is 26.3 Å². The Balaban J connectivity index is 1.43. The molecular weight excluding hydrogens is 338 g/mol. The van der Waals surface area contributed by atoms with Gasteiger partial charge in [0.25, 0.3) is 10.2 Å². The predicted molar refractivity (Wildman–Crippen MR) is 96.5 cm³/mol. The maximum atomic E-state index is 12.7. The molecule has 4 heterocycles. The first-order chi connectivity index (χ1) is 12.1. The molecule has 0 aromatic carbocycles. The van der Waals surface area contributed by atoms with E-state index in [-0.39, 0.29) is 0 Å². The van der Waals surface area contributed by atoms with Crippen LogP contribution in [0.3, 0.4) is 0 Å². The van der Waals surface area contributed by atoms with Crippen LogP contribution in [0.4, 0.5) is 0 Å². The fraction of sp³-hybridized carbons (Fsp3) is 0.588. The molecule has 0 spiro atoms. The van der Waals surface area contributed by atoms with Gasteiger partial charge in [-0.05, 0) is 31.9 Å². The second-order valence-electron chi connectivity index (χ2n) is 6.86. The van der Waals surface area contributed by atoms with E-state index in [0.29, 0.717) is 26.2 Å². The van der Waals surface area contributed by atoms with E-state index >= 15 is 0 Å². The molecule has 2 aromatic rings. The van der Waals surface area contributed by atoms with Crippen LogP contribution in [-0.2, 0) is 16.8 Å². The summed E-state index contributed by atoms with van der Waals surface area (Å²) < 4.78 is 30.7. The summed E-state index contributed by atoms with van der Waals surface area (Å²) in [5, 5.41) is 0. The van der Waals surface area contributed by atoms with Crippen molar-refractivity contribution in [3.63, 3.8) is 0 Å². The molecule has 0 atom stereocenters. The lowest BCUT2D eigenvalue weighted by atomic mass is 10.3. The van der Waals surface area contributed by atoms with Gasteiger partial charge in [0.15, 0.2) is 0 Å². The number of aryl methyl sites for hydroxylation is 1. The minimum absolute atomic E-state index is 0.564. The molecule has 7 nitrogen and oxygen atoms in total. The first-order valence-corrected chi connectivity index (χ1v) is 10.4. The topological polar surface area (TPSA) is 61.2 Å². The van der Waals surface area contributed by atoms with Crippen LogP contribution in [0.1, 0.15) is 24.2 Å². The number of pyridine rings is 1. The molecule has 0 radical (unpaired) electrons. The van der Waals surface area contributed by atoms with Crippen LogP contribution in [0.2, 0.25) is 0 Å². The van der Waals surface area contributed by atoms with E-state index in [2.05, 4.69) is 14.3 Å². The van der Waals surface area contributed by atoms with Crippen molar-refractivity contribution in [2.24, 2.45) is 0 Å². The predicted octanol–water partition coefficient (Wildman–Crippen LogP) is 1.10. The molecule has 0 aliphatic carbocycles. The summed E-state index contributed by atoms with van der Waals surface area (Å²) in [5.41, 5.74) is 3.19. The van der Waals surface area contributed by atoms with E-state index in [4.69, 9.17) is 0 Å². The van der Waals surface area contributed by atoms with Crippen molar-refractivity contribution in [1.82, 2.24) is 22.9 Å². The molecule has 0 N–H and O–H groups in total. The van der Waals surface area contributed by atoms with Gasteiger partial charge in [-0.1, -0.05) is 6.07 Å². The minimum Gasteiger partial charge on any atom is -0.302 e. The summed E-state index contributed by atoms with van der Waals surface area (Å²) in [6, 6.07) is 6.02. The normalized spacial score (nSPS) is 21.3. The number of piperazine rings is 1. The van der Waals surface area contributed by atoms with E-state index < -0.39 is 10.2 Å². The lowest BCUT2D eigenvalue weighted by Gasteiger charge is -2.35. The molecule has 0 bridgehead atoms. The summed E-state index contributed by atoms with van der Waals surface area (Å²) in [7, 11) is -3.27. The number of nitrogens with zero attached hydrogens (tertiary/aromatic N) is 5. The van der Waals surface area contributed by atoms with E-state index in [9.17, 15) is 8.42 Å². The van der Waals surface area contributed by atoms with Gasteiger partial charge in [-0.15, -0.1) is 0 Å². The van der Waals surface area contributed by atoms with Crippen molar-refractivity contribution in [2.75, 3.05) is 39.3 Å². The van der Waals surface area contributed by atoms with Crippen molar-refractivity contribution >= 4 is 15.9 Å². The van der Waals surface area contributed by atoms with Gasteiger partial charge >= 0.3 is 0 Å². The highest BCUT2D eigenvalue weighted by Crippen LogP contribution is 2.20. The largest absolute Gasteiger partial charge is 0.302 e. The molecule has 25 heavy (non-hydrogen) atoms. The average Bonchev–Trinajstić information content (AvgIpc) is 3.25. The third-order valence-corrected chi connectivity index (χ3v) is 7.29. The number of hydrogen-bond acceptors (Lipinski definition) is 4. The molecule has 4 rings (SSSR count). The zero-order valence-corrected chi connectivity index (χ0v) is 15.5. The monoisotopic (exact) mass is 363 g/mol. The maximum absolute atomic E-state index is 12.7. The number of aromatic nitrogens is 2. The Labute approximate surface area is 149 Å². The van der Waals surface area contributed by atoms with Crippen LogP contribution in [0, 0.1) is 6.92 Å². The molecule has 0 saturated carbocycles. The van der Waals surface area contributed by atoms with Gasteiger partial charge < -0.3 is 4.40 Å². The molecule has 136 valence electrons. The van der Waals surface area contributed by atoms with Crippen LogP contribution in [0.15, 0.2) is 24.4 Å². The summed E-state index contributed by atoms with van der Waals surface area (Å²) in [6.45, 7) is 6.82. The van der Waals surface area contributed by atoms with Crippen molar-refractivity contribution in [1.29, 1.82) is 0 Å². The maximum Gasteiger partial charge on any atom is 0.282 e. The van der Waals surface area contributed by atoms with Gasteiger partial charge in [-0.25, -0.2) is 4.98 Å². The molecule has 2 aliphatic heterocycles. The van der Waals surface area contributed by atoms with E-state index in [1.807, 2.05) is 31.3 Å². The Morgan fingerprint density at radius 2 is 1.68 bits per heavy atom. The molecular formula is C17H25N5O2S. The van der Waals surface area contributed by atoms with Gasteiger partial charge in [0.05, 0.1) is 11.4 Å². The fourth-order valence-electron chi connectivity index (χ4n) is 3.77. The SMILES string of the molecule is Cc1nc2ccccn2c1CN1CCN(S(=O)(=O)N2CCCC2)CC1. The van der Waals surface area contributed by atoms with Crippen molar-refractivity contribution < 1.29 is 8.42 Å². The third kappa shape index (κ3) is 3.19. The van der Waals surface area contributed by atoms with Crippen LogP contribution >= 0.6 is 0 Å². The summed E-state index contributed by atoms with van der Waals surface area (Å²) in [6.07, 6.45) is 4.00. The first-order valence-electron chi connectivity index (χ1n) is 8.96. The molecule has 2 fully saturated rings. The Morgan fingerprint density at radius 3 is 2.40 bits per heavy atom. The van der Waals surface area contributed by atoms with E-state index in [0.717, 1.165) is 43.8 Å². The molecule has 0 unspecified atom stereocenters. The lowest BCUT2D eigenvalue weighted by Crippen LogP contribution is -2.52. The number of rotatable bonds is 4. The number of hydrogen-bond donors (Lipinski definition) is 0. The standard InChI is InChI=1S/C17H25N5O2S/c1-15-16(22-9-3-2-6-17(22)18-15)14-19-10-12-21(13-11-19)25(23,24)20-7-4-5-8-20/h2-3,6,9H,4-5,7-8,10-14H2,1H3.